The van der Waals surface area contributed by atoms with Crippen LogP contribution in [0.1, 0.15) is 32.7 Å². The fraction of sp³-hybridized carbons (Fsp3) is 0.182. The molecule has 3 aromatic rings. The van der Waals surface area contributed by atoms with Gasteiger partial charge in [-0.15, -0.1) is 0 Å². The third-order valence-electron chi connectivity index (χ3n) is 5.28. The maximum Gasteiger partial charge on any atom is 0.335 e. The summed E-state index contributed by atoms with van der Waals surface area (Å²) in [5.74, 6) is -3.15. The number of rotatable bonds is 5. The summed E-state index contributed by atoms with van der Waals surface area (Å²) in [7, 11) is 0. The van der Waals surface area contributed by atoms with E-state index < -0.39 is 23.7 Å². The van der Waals surface area contributed by atoms with Crippen LogP contribution in [0.2, 0.25) is 5.02 Å². The van der Waals surface area contributed by atoms with Crippen molar-refractivity contribution >= 4 is 51.8 Å². The van der Waals surface area contributed by atoms with Crippen molar-refractivity contribution in [3.8, 4) is 0 Å². The van der Waals surface area contributed by atoms with Crippen molar-refractivity contribution in [2.75, 3.05) is 11.4 Å². The Balaban J connectivity index is 1.49. The number of hydrogen-bond acceptors (Lipinski definition) is 4. The van der Waals surface area contributed by atoms with E-state index in [-0.39, 0.29) is 17.0 Å². The van der Waals surface area contributed by atoms with Gasteiger partial charge in [0.15, 0.2) is 0 Å². The van der Waals surface area contributed by atoms with E-state index in [2.05, 4.69) is 10.3 Å². The van der Waals surface area contributed by atoms with Gasteiger partial charge in [0.25, 0.3) is 11.7 Å². The standard InChI is InChI=1S/C22H18ClN3O5/c1-11-2-5-18(15(23)8-11)26-7-6-16(21(26)29)25-20(28)19(27)14-10-24-17-9-12(22(30)31)3-4-13(14)17/h2-5,8-10,16,24H,6-7H2,1H3,(H,25,28)(H,30,31). The summed E-state index contributed by atoms with van der Waals surface area (Å²) in [4.78, 5) is 53.4. The van der Waals surface area contributed by atoms with E-state index in [9.17, 15) is 19.2 Å². The van der Waals surface area contributed by atoms with Crippen LogP contribution < -0.4 is 10.2 Å². The Morgan fingerprint density at radius 1 is 1.19 bits per heavy atom. The zero-order valence-electron chi connectivity index (χ0n) is 16.4. The molecule has 1 fully saturated rings. The van der Waals surface area contributed by atoms with Gasteiger partial charge in [-0.05, 0) is 43.2 Å². The lowest BCUT2D eigenvalue weighted by molar-refractivity contribution is -0.124. The fourth-order valence-corrected chi connectivity index (χ4v) is 4.01. The normalized spacial score (nSPS) is 16.0. The lowest BCUT2D eigenvalue weighted by atomic mass is 10.1. The van der Waals surface area contributed by atoms with Gasteiger partial charge in [0, 0.05) is 23.6 Å². The molecule has 1 saturated heterocycles. The number of aromatic amines is 1. The number of H-pyrrole nitrogens is 1. The number of nitrogens with zero attached hydrogens (tertiary/aromatic N) is 1. The molecule has 158 valence electrons. The van der Waals surface area contributed by atoms with Crippen molar-refractivity contribution in [2.24, 2.45) is 0 Å². The van der Waals surface area contributed by atoms with Gasteiger partial charge in [0.1, 0.15) is 6.04 Å². The lowest BCUT2D eigenvalue weighted by Gasteiger charge is -2.18. The summed E-state index contributed by atoms with van der Waals surface area (Å²) in [5, 5.41) is 12.5. The van der Waals surface area contributed by atoms with E-state index >= 15 is 0 Å². The number of aromatic nitrogens is 1. The van der Waals surface area contributed by atoms with Crippen molar-refractivity contribution in [3.05, 3.63) is 64.3 Å². The summed E-state index contributed by atoms with van der Waals surface area (Å²) in [6.45, 7) is 2.26. The smallest absolute Gasteiger partial charge is 0.335 e. The number of fused-ring (bicyclic) bond motifs is 1. The van der Waals surface area contributed by atoms with Gasteiger partial charge in [-0.1, -0.05) is 23.7 Å². The molecular formula is C22H18ClN3O5. The number of halogens is 1. The molecule has 1 aromatic heterocycles. The van der Waals surface area contributed by atoms with Gasteiger partial charge in [0.2, 0.25) is 5.91 Å². The number of carboxylic acids is 1. The van der Waals surface area contributed by atoms with Crippen LogP contribution in [-0.4, -0.2) is 46.2 Å². The first-order valence-electron chi connectivity index (χ1n) is 9.53. The Bertz CT molecular complexity index is 1250. The van der Waals surface area contributed by atoms with Crippen molar-refractivity contribution in [3.63, 3.8) is 0 Å². The highest BCUT2D eigenvalue weighted by Gasteiger charge is 2.36. The first-order chi connectivity index (χ1) is 14.8. The Labute approximate surface area is 181 Å². The van der Waals surface area contributed by atoms with Crippen LogP contribution in [0, 0.1) is 6.92 Å². The number of benzene rings is 2. The molecule has 0 radical (unpaired) electrons. The third-order valence-corrected chi connectivity index (χ3v) is 5.59. The predicted molar refractivity (Wildman–Crippen MR) is 115 cm³/mol. The SMILES string of the molecule is Cc1ccc(N2CCC(NC(=O)C(=O)c3c[nH]c4cc(C(=O)O)ccc34)C2=O)c(Cl)c1. The van der Waals surface area contributed by atoms with Crippen LogP contribution in [0.3, 0.4) is 0 Å². The number of carbonyl (C=O) groups excluding carboxylic acids is 3. The average Bonchev–Trinajstić information content (AvgIpc) is 3.31. The van der Waals surface area contributed by atoms with Gasteiger partial charge in [-0.2, -0.15) is 0 Å². The third kappa shape index (κ3) is 3.77. The molecule has 0 spiro atoms. The highest BCUT2D eigenvalue weighted by Crippen LogP contribution is 2.30. The largest absolute Gasteiger partial charge is 0.478 e. The second-order valence-electron chi connectivity index (χ2n) is 7.36. The summed E-state index contributed by atoms with van der Waals surface area (Å²) in [6.07, 6.45) is 1.70. The van der Waals surface area contributed by atoms with E-state index in [4.69, 9.17) is 16.7 Å². The Hall–Kier alpha value is -3.65. The van der Waals surface area contributed by atoms with Crippen LogP contribution in [-0.2, 0) is 9.59 Å². The minimum Gasteiger partial charge on any atom is -0.478 e. The molecule has 3 N–H and O–H groups in total. The zero-order valence-corrected chi connectivity index (χ0v) is 17.2. The first-order valence-corrected chi connectivity index (χ1v) is 9.91. The fourth-order valence-electron chi connectivity index (χ4n) is 3.68. The highest BCUT2D eigenvalue weighted by atomic mass is 35.5. The summed E-state index contributed by atoms with van der Waals surface area (Å²) >= 11 is 6.26. The number of hydrogen-bond donors (Lipinski definition) is 3. The Morgan fingerprint density at radius 2 is 1.97 bits per heavy atom. The maximum absolute atomic E-state index is 12.8. The number of ketones is 1. The number of carboxylic acid groups (broad SMARTS) is 1. The van der Waals surface area contributed by atoms with Crippen LogP contribution in [0.15, 0.2) is 42.6 Å². The number of amides is 2. The number of aryl methyl sites for hydroxylation is 1. The van der Waals surface area contributed by atoms with Crippen LogP contribution >= 0.6 is 11.6 Å². The molecule has 0 aliphatic carbocycles. The van der Waals surface area contributed by atoms with Gasteiger partial charge >= 0.3 is 5.97 Å². The topological polar surface area (TPSA) is 120 Å². The molecule has 1 aliphatic heterocycles. The minimum absolute atomic E-state index is 0.0595. The van der Waals surface area contributed by atoms with Gasteiger partial charge in [-0.3, -0.25) is 14.4 Å². The molecule has 8 nitrogen and oxygen atoms in total. The van der Waals surface area contributed by atoms with E-state index in [0.29, 0.717) is 34.6 Å². The van der Waals surface area contributed by atoms with Crippen molar-refractivity contribution in [2.45, 2.75) is 19.4 Å². The summed E-state index contributed by atoms with van der Waals surface area (Å²) in [5.41, 5.74) is 2.11. The Morgan fingerprint density at radius 3 is 2.68 bits per heavy atom. The first kappa shape index (κ1) is 20.6. The molecular weight excluding hydrogens is 422 g/mol. The number of nitrogens with one attached hydrogen (secondary N) is 2. The van der Waals surface area contributed by atoms with E-state index in [1.165, 1.54) is 29.3 Å². The average molecular weight is 440 g/mol. The molecule has 0 bridgehead atoms. The van der Waals surface area contributed by atoms with Crippen molar-refractivity contribution in [1.29, 1.82) is 0 Å². The van der Waals surface area contributed by atoms with Crippen molar-refractivity contribution < 1.29 is 24.3 Å². The van der Waals surface area contributed by atoms with Gasteiger partial charge in [0.05, 0.1) is 21.8 Å². The number of aromatic carboxylic acids is 1. The molecule has 0 saturated carbocycles. The van der Waals surface area contributed by atoms with Crippen LogP contribution in [0.4, 0.5) is 5.69 Å². The quantitative estimate of drug-likeness (QED) is 0.417. The van der Waals surface area contributed by atoms with Crippen LogP contribution in [0.25, 0.3) is 10.9 Å². The van der Waals surface area contributed by atoms with Crippen molar-refractivity contribution in [1.82, 2.24) is 10.3 Å². The second-order valence-corrected chi connectivity index (χ2v) is 7.76. The van der Waals surface area contributed by atoms with Crippen LogP contribution in [0.5, 0.6) is 0 Å². The number of carbonyl (C=O) groups is 4. The molecule has 31 heavy (non-hydrogen) atoms. The van der Waals surface area contributed by atoms with E-state index in [1.807, 2.05) is 13.0 Å². The predicted octanol–water partition coefficient (Wildman–Crippen LogP) is 2.93. The maximum atomic E-state index is 12.8. The molecule has 1 atom stereocenters. The van der Waals surface area contributed by atoms with E-state index in [0.717, 1.165) is 5.56 Å². The van der Waals surface area contributed by atoms with Gasteiger partial charge in [-0.25, -0.2) is 4.79 Å². The summed E-state index contributed by atoms with van der Waals surface area (Å²) < 4.78 is 0. The number of anilines is 1. The molecule has 1 aliphatic rings. The molecule has 4 rings (SSSR count). The second kappa shape index (κ2) is 7.88. The molecule has 9 heteroatoms. The lowest BCUT2D eigenvalue weighted by Crippen LogP contribution is -2.44. The molecule has 2 heterocycles. The number of Topliss-reactive ketones (excluding diaryl/α,β-unsaturated/α-hetero) is 1. The zero-order chi connectivity index (χ0) is 22.3. The molecule has 2 amide bonds. The molecule has 1 unspecified atom stereocenters. The Kier molecular flexibility index (Phi) is 5.24. The molecule has 2 aromatic carbocycles. The summed E-state index contributed by atoms with van der Waals surface area (Å²) in [6, 6.07) is 8.73. The van der Waals surface area contributed by atoms with Gasteiger partial charge < -0.3 is 20.3 Å². The minimum atomic E-state index is -1.10. The monoisotopic (exact) mass is 439 g/mol. The highest BCUT2D eigenvalue weighted by molar-refractivity contribution is 6.45. The van der Waals surface area contributed by atoms with E-state index in [1.54, 1.807) is 12.1 Å².